The molecule has 2 aromatic carbocycles. The van der Waals surface area contributed by atoms with E-state index in [2.05, 4.69) is 16.5 Å². The lowest BCUT2D eigenvalue weighted by Gasteiger charge is -2.44. The number of amides is 2. The molecule has 0 aliphatic carbocycles. The second kappa shape index (κ2) is 10.9. The third-order valence-electron chi connectivity index (χ3n) is 8.78. The number of phenolic OH excluding ortho intramolecular Hbond substituents is 2. The third-order valence-corrected chi connectivity index (χ3v) is 8.78. The number of aromatic nitrogens is 3. The zero-order valence-corrected chi connectivity index (χ0v) is 25.9. The van der Waals surface area contributed by atoms with E-state index < -0.39 is 75.1 Å². The van der Waals surface area contributed by atoms with Gasteiger partial charge in [0.1, 0.15) is 28.9 Å². The number of fused-ring (bicyclic) bond motifs is 2. The molecule has 4 aromatic rings. The van der Waals surface area contributed by atoms with Crippen LogP contribution < -0.4 is 15.5 Å². The molecule has 2 N–H and O–H groups in total. The molecule has 2 atom stereocenters. The predicted molar refractivity (Wildman–Crippen MR) is 169 cm³/mol. The van der Waals surface area contributed by atoms with Gasteiger partial charge in [0.25, 0.3) is 5.91 Å². The number of likely N-dealkylation sites (N-methyl/N-ethyl adjacent to an activating group) is 1. The van der Waals surface area contributed by atoms with E-state index in [1.807, 2.05) is 13.8 Å². The summed E-state index contributed by atoms with van der Waals surface area (Å²) in [6.45, 7) is 10.6. The van der Waals surface area contributed by atoms with Crippen LogP contribution >= 0.6 is 0 Å². The minimum Gasteiger partial charge on any atom is -0.507 e. The highest BCUT2D eigenvalue weighted by molar-refractivity contribution is 6.14. The second-order valence-electron chi connectivity index (χ2n) is 11.9. The molecule has 4 heterocycles. The molecule has 2 aliphatic heterocycles. The molecule has 238 valence electrons. The van der Waals surface area contributed by atoms with Crippen LogP contribution in [0.5, 0.6) is 11.5 Å². The van der Waals surface area contributed by atoms with Gasteiger partial charge in [0.15, 0.2) is 11.6 Å². The van der Waals surface area contributed by atoms with Crippen molar-refractivity contribution >= 4 is 34.2 Å². The molecular formula is C33H32F2N6O5. The number of piperazine rings is 1. The van der Waals surface area contributed by atoms with Gasteiger partial charge in [0.05, 0.1) is 40.1 Å². The summed E-state index contributed by atoms with van der Waals surface area (Å²) in [6.07, 6.45) is 2.69. The Morgan fingerprint density at radius 2 is 1.74 bits per heavy atom. The Morgan fingerprint density at radius 1 is 1.07 bits per heavy atom. The zero-order valence-electron chi connectivity index (χ0n) is 25.9. The van der Waals surface area contributed by atoms with Gasteiger partial charge in [-0.3, -0.25) is 19.1 Å². The van der Waals surface area contributed by atoms with Crippen molar-refractivity contribution in [1.82, 2.24) is 19.4 Å². The number of hydrogen-bond donors (Lipinski definition) is 2. The highest BCUT2D eigenvalue weighted by Gasteiger charge is 2.45. The molecule has 2 aromatic heterocycles. The first-order valence-corrected chi connectivity index (χ1v) is 14.7. The minimum absolute atomic E-state index is 0.0171. The Bertz CT molecular complexity index is 2020. The Balaban J connectivity index is 1.83. The monoisotopic (exact) mass is 630 g/mol. The van der Waals surface area contributed by atoms with Crippen molar-refractivity contribution in [1.29, 1.82) is 0 Å². The van der Waals surface area contributed by atoms with Gasteiger partial charge < -0.3 is 24.9 Å². The average Bonchev–Trinajstić information content (AvgIpc) is 3.09. The van der Waals surface area contributed by atoms with Gasteiger partial charge in [-0.25, -0.2) is 13.6 Å². The minimum atomic E-state index is -1.26. The van der Waals surface area contributed by atoms with E-state index in [1.165, 1.54) is 22.9 Å². The van der Waals surface area contributed by atoms with Crippen molar-refractivity contribution in [3.05, 3.63) is 76.5 Å². The zero-order chi connectivity index (χ0) is 33.4. The topological polar surface area (TPSA) is 132 Å². The van der Waals surface area contributed by atoms with Crippen LogP contribution in [0, 0.1) is 18.6 Å². The van der Waals surface area contributed by atoms with Crippen molar-refractivity contribution in [2.45, 2.75) is 45.7 Å². The van der Waals surface area contributed by atoms with Crippen LogP contribution in [-0.4, -0.2) is 73.7 Å². The maximum absolute atomic E-state index is 17.3. The molecule has 1 fully saturated rings. The average molecular weight is 631 g/mol. The predicted octanol–water partition coefficient (Wildman–Crippen LogP) is 4.14. The number of carbonyl (C=O) groups excluding carboxylic acids is 2. The number of benzene rings is 2. The van der Waals surface area contributed by atoms with Gasteiger partial charge in [0.2, 0.25) is 5.91 Å². The summed E-state index contributed by atoms with van der Waals surface area (Å²) in [5, 5.41) is 21.3. The van der Waals surface area contributed by atoms with Crippen molar-refractivity contribution in [3.8, 4) is 28.3 Å². The van der Waals surface area contributed by atoms with E-state index in [0.717, 1.165) is 27.7 Å². The number of nitrogens with zero attached hydrogens (tertiary/aromatic N) is 6. The van der Waals surface area contributed by atoms with Crippen LogP contribution in [-0.2, 0) is 9.59 Å². The van der Waals surface area contributed by atoms with Gasteiger partial charge in [-0.15, -0.1) is 0 Å². The molecule has 2 unspecified atom stereocenters. The molecule has 0 saturated carbocycles. The Kier molecular flexibility index (Phi) is 7.29. The van der Waals surface area contributed by atoms with Gasteiger partial charge in [0, 0.05) is 25.8 Å². The summed E-state index contributed by atoms with van der Waals surface area (Å²) < 4.78 is 35.3. The molecule has 0 spiro atoms. The number of hydrogen-bond acceptors (Lipinski definition) is 8. The van der Waals surface area contributed by atoms with E-state index in [9.17, 15) is 24.6 Å². The fourth-order valence-corrected chi connectivity index (χ4v) is 6.58. The maximum Gasteiger partial charge on any atom is 0.354 e. The van der Waals surface area contributed by atoms with Crippen molar-refractivity contribution in [3.63, 3.8) is 0 Å². The molecule has 1 saturated heterocycles. The first-order chi connectivity index (χ1) is 21.8. The second-order valence-corrected chi connectivity index (χ2v) is 11.9. The fraction of sp³-hybridized carbons (Fsp3) is 0.303. The maximum atomic E-state index is 17.3. The van der Waals surface area contributed by atoms with Crippen LogP contribution in [0.15, 0.2) is 47.9 Å². The highest BCUT2D eigenvalue weighted by Crippen LogP contribution is 2.49. The standard InChI is InChI=1S/C33H32F2N6O5/c1-7-21(44)39-14-18-32(45)38(6)29-24-30(26(35)23(25(29)34)22-19(42)9-8-10-20(22)43)41(28-16(4)11-12-36-27(28)15(2)3)33(46)37-31(24)40(18)13-17(39)5/h7-12,15,17-18,42-43H,1,13-14H2,2-6H3. The first kappa shape index (κ1) is 30.7. The molecule has 0 radical (unpaired) electrons. The summed E-state index contributed by atoms with van der Waals surface area (Å²) in [5.74, 6) is -5.21. The molecular weight excluding hydrogens is 598 g/mol. The van der Waals surface area contributed by atoms with Gasteiger partial charge in [-0.2, -0.15) is 4.98 Å². The first-order valence-electron chi connectivity index (χ1n) is 14.7. The van der Waals surface area contributed by atoms with Crippen LogP contribution in [0.4, 0.5) is 20.3 Å². The lowest BCUT2D eigenvalue weighted by Crippen LogP contribution is -2.63. The van der Waals surface area contributed by atoms with Gasteiger partial charge >= 0.3 is 5.69 Å². The van der Waals surface area contributed by atoms with Crippen molar-refractivity contribution in [2.75, 3.05) is 29.9 Å². The lowest BCUT2D eigenvalue weighted by molar-refractivity contribution is -0.130. The Hall–Kier alpha value is -5.33. The highest BCUT2D eigenvalue weighted by atomic mass is 19.1. The number of phenols is 2. The number of aryl methyl sites for hydroxylation is 1. The molecule has 46 heavy (non-hydrogen) atoms. The van der Waals surface area contributed by atoms with E-state index in [1.54, 1.807) is 26.1 Å². The number of aromatic hydroxyl groups is 2. The van der Waals surface area contributed by atoms with Gasteiger partial charge in [-0.1, -0.05) is 26.5 Å². The quantitative estimate of drug-likeness (QED) is 0.322. The third kappa shape index (κ3) is 4.32. The lowest BCUT2D eigenvalue weighted by atomic mass is 9.97. The van der Waals surface area contributed by atoms with Gasteiger partial charge in [-0.05, 0) is 49.6 Å². The molecule has 13 heteroatoms. The SMILES string of the molecule is C=CC(=O)N1CC2C(=O)N(C)c3c(F)c(-c4c(O)cccc4O)c(F)c4c3c(nc(=O)n4-c3c(C)ccnc3C(C)C)N2CC1C. The summed E-state index contributed by atoms with van der Waals surface area (Å²) in [4.78, 5) is 53.9. The van der Waals surface area contributed by atoms with Crippen LogP contribution in [0.2, 0.25) is 0 Å². The smallest absolute Gasteiger partial charge is 0.354 e. The number of carbonyl (C=O) groups is 2. The summed E-state index contributed by atoms with van der Waals surface area (Å²) in [6, 6.07) is 3.67. The number of halogens is 2. The molecule has 2 aliphatic rings. The van der Waals surface area contributed by atoms with Crippen molar-refractivity contribution in [2.24, 2.45) is 0 Å². The molecule has 6 rings (SSSR count). The van der Waals surface area contributed by atoms with E-state index in [0.29, 0.717) is 11.3 Å². The van der Waals surface area contributed by atoms with E-state index in [4.69, 9.17) is 0 Å². The van der Waals surface area contributed by atoms with E-state index in [-0.39, 0.29) is 35.9 Å². The normalized spacial score (nSPS) is 17.8. The Morgan fingerprint density at radius 3 is 2.37 bits per heavy atom. The molecule has 2 amide bonds. The molecule has 0 bridgehead atoms. The summed E-state index contributed by atoms with van der Waals surface area (Å²) >= 11 is 0. The summed E-state index contributed by atoms with van der Waals surface area (Å²) in [5.41, 5.74) is -1.92. The number of rotatable bonds is 4. The van der Waals surface area contributed by atoms with E-state index >= 15 is 8.78 Å². The van der Waals surface area contributed by atoms with Crippen LogP contribution in [0.25, 0.3) is 27.7 Å². The van der Waals surface area contributed by atoms with Crippen LogP contribution in [0.1, 0.15) is 37.9 Å². The fourth-order valence-electron chi connectivity index (χ4n) is 6.58. The number of anilines is 2. The molecule has 11 nitrogen and oxygen atoms in total. The summed E-state index contributed by atoms with van der Waals surface area (Å²) in [7, 11) is 1.31. The largest absolute Gasteiger partial charge is 0.507 e. The van der Waals surface area contributed by atoms with Crippen LogP contribution in [0.3, 0.4) is 0 Å². The Labute approximate surface area is 262 Å². The van der Waals surface area contributed by atoms with Crippen molar-refractivity contribution < 1.29 is 28.6 Å². The number of pyridine rings is 1.